The Kier molecular flexibility index (Phi) is 5.33. The smallest absolute Gasteiger partial charge is 0.258 e. The third-order valence-corrected chi connectivity index (χ3v) is 4.74. The van der Waals surface area contributed by atoms with Crippen LogP contribution < -0.4 is 10.1 Å². The van der Waals surface area contributed by atoms with E-state index in [4.69, 9.17) is 9.15 Å². The first-order valence-corrected chi connectivity index (χ1v) is 8.78. The van der Waals surface area contributed by atoms with Crippen LogP contribution in [0.5, 0.6) is 5.88 Å². The van der Waals surface area contributed by atoms with Crippen LogP contribution in [-0.4, -0.2) is 28.5 Å². The molecule has 24 heavy (non-hydrogen) atoms. The molecular formula is C18H25N3O3. The molecule has 0 spiro atoms. The van der Waals surface area contributed by atoms with E-state index in [9.17, 15) is 4.79 Å². The number of amides is 1. The molecule has 0 radical (unpaired) electrons. The number of aryl methyl sites for hydroxylation is 2. The SMILES string of the molecule is Cc1oc2ncnc(OCC(=O)NC3CCCCCCC3)c2c1C. The van der Waals surface area contributed by atoms with E-state index in [1.165, 1.54) is 38.4 Å². The molecule has 1 aliphatic carbocycles. The second-order valence-corrected chi connectivity index (χ2v) is 6.54. The summed E-state index contributed by atoms with van der Waals surface area (Å²) < 4.78 is 11.2. The number of carbonyl (C=O) groups excluding carboxylic acids is 1. The largest absolute Gasteiger partial charge is 0.467 e. The van der Waals surface area contributed by atoms with E-state index in [1.807, 2.05) is 13.8 Å². The molecule has 0 aliphatic heterocycles. The lowest BCUT2D eigenvalue weighted by atomic mass is 9.97. The van der Waals surface area contributed by atoms with E-state index in [0.29, 0.717) is 11.6 Å². The number of rotatable bonds is 4. The van der Waals surface area contributed by atoms with Gasteiger partial charge in [0.15, 0.2) is 6.61 Å². The Bertz CT molecular complexity index is 703. The molecule has 130 valence electrons. The quantitative estimate of drug-likeness (QED) is 0.928. The van der Waals surface area contributed by atoms with Gasteiger partial charge in [-0.3, -0.25) is 4.79 Å². The number of nitrogens with one attached hydrogen (secondary N) is 1. The van der Waals surface area contributed by atoms with Crippen LogP contribution >= 0.6 is 0 Å². The normalized spacial score (nSPS) is 16.6. The van der Waals surface area contributed by atoms with Crippen molar-refractivity contribution >= 4 is 17.0 Å². The number of fused-ring (bicyclic) bond motifs is 1. The van der Waals surface area contributed by atoms with Gasteiger partial charge in [0.2, 0.25) is 11.6 Å². The summed E-state index contributed by atoms with van der Waals surface area (Å²) in [7, 11) is 0. The number of nitrogens with zero attached hydrogens (tertiary/aromatic N) is 2. The van der Waals surface area contributed by atoms with Crippen molar-refractivity contribution in [3.8, 4) is 5.88 Å². The first kappa shape index (κ1) is 16.7. The fourth-order valence-corrected chi connectivity index (χ4v) is 3.26. The highest BCUT2D eigenvalue weighted by Gasteiger charge is 2.17. The molecule has 1 N–H and O–H groups in total. The zero-order chi connectivity index (χ0) is 16.9. The lowest BCUT2D eigenvalue weighted by Crippen LogP contribution is -2.38. The summed E-state index contributed by atoms with van der Waals surface area (Å²) >= 11 is 0. The van der Waals surface area contributed by atoms with Crippen LogP contribution in [0.1, 0.15) is 56.3 Å². The fourth-order valence-electron chi connectivity index (χ4n) is 3.26. The van der Waals surface area contributed by atoms with Crippen molar-refractivity contribution in [2.75, 3.05) is 6.61 Å². The Hall–Kier alpha value is -2.11. The molecule has 0 aromatic carbocycles. The van der Waals surface area contributed by atoms with Crippen LogP contribution in [0.3, 0.4) is 0 Å². The summed E-state index contributed by atoms with van der Waals surface area (Å²) in [6.45, 7) is 3.78. The van der Waals surface area contributed by atoms with Crippen molar-refractivity contribution in [3.05, 3.63) is 17.7 Å². The molecule has 1 amide bonds. The molecule has 0 atom stereocenters. The topological polar surface area (TPSA) is 77.2 Å². The van der Waals surface area contributed by atoms with Gasteiger partial charge in [-0.1, -0.05) is 32.1 Å². The van der Waals surface area contributed by atoms with Crippen molar-refractivity contribution in [1.29, 1.82) is 0 Å². The Morgan fingerprint density at radius 3 is 2.67 bits per heavy atom. The van der Waals surface area contributed by atoms with E-state index in [1.54, 1.807) is 0 Å². The van der Waals surface area contributed by atoms with Gasteiger partial charge in [0.1, 0.15) is 17.5 Å². The summed E-state index contributed by atoms with van der Waals surface area (Å²) in [5, 5.41) is 3.84. The number of hydrogen-bond acceptors (Lipinski definition) is 5. The van der Waals surface area contributed by atoms with Crippen molar-refractivity contribution < 1.29 is 13.9 Å². The van der Waals surface area contributed by atoms with Crippen LogP contribution in [0.15, 0.2) is 10.7 Å². The summed E-state index contributed by atoms with van der Waals surface area (Å²) in [6, 6.07) is 0.268. The predicted octanol–water partition coefficient (Wildman–Crippen LogP) is 3.45. The minimum Gasteiger partial charge on any atom is -0.467 e. The van der Waals surface area contributed by atoms with Crippen molar-refractivity contribution in [3.63, 3.8) is 0 Å². The van der Waals surface area contributed by atoms with Gasteiger partial charge in [-0.15, -0.1) is 0 Å². The van der Waals surface area contributed by atoms with Crippen LogP contribution in [-0.2, 0) is 4.79 Å². The third kappa shape index (κ3) is 3.86. The summed E-state index contributed by atoms with van der Waals surface area (Å²) in [6.07, 6.45) is 9.73. The average molecular weight is 331 g/mol. The zero-order valence-corrected chi connectivity index (χ0v) is 14.4. The molecule has 2 aromatic heterocycles. The van der Waals surface area contributed by atoms with Crippen molar-refractivity contribution in [2.24, 2.45) is 0 Å². The van der Waals surface area contributed by atoms with Gasteiger partial charge in [0.05, 0.1) is 0 Å². The first-order valence-electron chi connectivity index (χ1n) is 8.78. The number of ether oxygens (including phenoxy) is 1. The van der Waals surface area contributed by atoms with E-state index >= 15 is 0 Å². The standard InChI is InChI=1S/C18H25N3O3/c1-12-13(2)24-18-16(12)17(19-11-20-18)23-10-15(22)21-14-8-6-4-3-5-7-9-14/h11,14H,3-10H2,1-2H3,(H,21,22). The molecule has 2 heterocycles. The lowest BCUT2D eigenvalue weighted by Gasteiger charge is -2.21. The maximum absolute atomic E-state index is 12.2. The minimum atomic E-state index is -0.0924. The van der Waals surface area contributed by atoms with E-state index in [-0.39, 0.29) is 18.6 Å². The predicted molar refractivity (Wildman–Crippen MR) is 91.0 cm³/mol. The van der Waals surface area contributed by atoms with Gasteiger partial charge in [-0.2, -0.15) is 0 Å². The summed E-state index contributed by atoms with van der Waals surface area (Å²) in [5.74, 6) is 1.10. The molecule has 1 aliphatic rings. The first-order chi connectivity index (χ1) is 11.6. The molecule has 0 saturated heterocycles. The molecule has 6 nitrogen and oxygen atoms in total. The number of aromatic nitrogens is 2. The van der Waals surface area contributed by atoms with Gasteiger partial charge in [-0.25, -0.2) is 9.97 Å². The molecule has 3 rings (SSSR count). The molecule has 0 bridgehead atoms. The van der Waals surface area contributed by atoms with Gasteiger partial charge in [0, 0.05) is 11.6 Å². The van der Waals surface area contributed by atoms with E-state index < -0.39 is 0 Å². The van der Waals surface area contributed by atoms with E-state index in [0.717, 1.165) is 29.6 Å². The van der Waals surface area contributed by atoms with Crippen LogP contribution in [0.4, 0.5) is 0 Å². The van der Waals surface area contributed by atoms with Crippen LogP contribution in [0.25, 0.3) is 11.1 Å². The Morgan fingerprint density at radius 2 is 1.92 bits per heavy atom. The highest BCUT2D eigenvalue weighted by Crippen LogP contribution is 2.29. The minimum absolute atomic E-state index is 0.0354. The second kappa shape index (κ2) is 7.64. The molecule has 1 saturated carbocycles. The lowest BCUT2D eigenvalue weighted by molar-refractivity contribution is -0.124. The van der Waals surface area contributed by atoms with Gasteiger partial charge in [0.25, 0.3) is 5.91 Å². The van der Waals surface area contributed by atoms with Gasteiger partial charge < -0.3 is 14.5 Å². The molecule has 6 heteroatoms. The molecule has 1 fully saturated rings. The molecule has 2 aromatic rings. The van der Waals surface area contributed by atoms with Crippen LogP contribution in [0, 0.1) is 13.8 Å². The maximum atomic E-state index is 12.2. The van der Waals surface area contributed by atoms with Gasteiger partial charge >= 0.3 is 0 Å². The summed E-state index contributed by atoms with van der Waals surface area (Å²) in [4.78, 5) is 20.5. The van der Waals surface area contributed by atoms with Crippen LogP contribution in [0.2, 0.25) is 0 Å². The maximum Gasteiger partial charge on any atom is 0.258 e. The molecular weight excluding hydrogens is 306 g/mol. The second-order valence-electron chi connectivity index (χ2n) is 6.54. The number of carbonyl (C=O) groups is 1. The number of furan rings is 1. The molecule has 0 unspecified atom stereocenters. The Balaban J connectivity index is 1.60. The Morgan fingerprint density at radius 1 is 1.21 bits per heavy atom. The van der Waals surface area contributed by atoms with Gasteiger partial charge in [-0.05, 0) is 26.7 Å². The third-order valence-electron chi connectivity index (χ3n) is 4.74. The highest BCUT2D eigenvalue weighted by atomic mass is 16.5. The van der Waals surface area contributed by atoms with Crippen molar-refractivity contribution in [1.82, 2.24) is 15.3 Å². The average Bonchev–Trinajstić information content (AvgIpc) is 2.83. The Labute approximate surface area is 142 Å². The highest BCUT2D eigenvalue weighted by molar-refractivity contribution is 5.84. The zero-order valence-electron chi connectivity index (χ0n) is 14.4. The van der Waals surface area contributed by atoms with Crippen molar-refractivity contribution in [2.45, 2.75) is 64.8 Å². The number of hydrogen-bond donors (Lipinski definition) is 1. The monoisotopic (exact) mass is 331 g/mol. The van der Waals surface area contributed by atoms with E-state index in [2.05, 4.69) is 15.3 Å². The fraction of sp³-hybridized carbons (Fsp3) is 0.611. The summed E-state index contributed by atoms with van der Waals surface area (Å²) in [5.41, 5.74) is 1.44.